The molecule has 118 valence electrons. The third kappa shape index (κ3) is 4.15. The first kappa shape index (κ1) is 16.2. The van der Waals surface area contributed by atoms with Crippen molar-refractivity contribution >= 4 is 5.69 Å². The van der Waals surface area contributed by atoms with Gasteiger partial charge < -0.3 is 15.8 Å². The normalized spacial score (nSPS) is 21.6. The van der Waals surface area contributed by atoms with Crippen molar-refractivity contribution in [3.63, 3.8) is 0 Å². The molecule has 5 heteroatoms. The summed E-state index contributed by atoms with van der Waals surface area (Å²) >= 11 is 0. The van der Waals surface area contributed by atoms with Gasteiger partial charge in [-0.15, -0.1) is 0 Å². The molecule has 2 rings (SSSR count). The van der Waals surface area contributed by atoms with E-state index < -0.39 is 0 Å². The molecule has 1 aliphatic heterocycles. The van der Waals surface area contributed by atoms with Crippen LogP contribution < -0.4 is 11.1 Å². The second-order valence-corrected chi connectivity index (χ2v) is 5.93. The van der Waals surface area contributed by atoms with E-state index in [1.54, 1.807) is 6.20 Å². The molecule has 3 N–H and O–H groups in total. The summed E-state index contributed by atoms with van der Waals surface area (Å²) < 4.78 is 6.04. The largest absolute Gasteiger partial charge is 0.398 e. The highest BCUT2D eigenvalue weighted by Crippen LogP contribution is 2.26. The van der Waals surface area contributed by atoms with Gasteiger partial charge in [0.05, 0.1) is 18.8 Å². The second kappa shape index (κ2) is 7.73. The van der Waals surface area contributed by atoms with Crippen molar-refractivity contribution < 1.29 is 4.74 Å². The van der Waals surface area contributed by atoms with Crippen molar-refractivity contribution in [2.24, 2.45) is 0 Å². The SMILES string of the molecule is CCCNC(c1cnccc1N)C1CN(C(C)C)CCO1. The third-order valence-corrected chi connectivity index (χ3v) is 4.06. The minimum atomic E-state index is 0.0974. The number of nitrogens with two attached hydrogens (primary N) is 1. The van der Waals surface area contributed by atoms with Crippen LogP contribution in [0.1, 0.15) is 38.8 Å². The number of nitrogens with zero attached hydrogens (tertiary/aromatic N) is 2. The van der Waals surface area contributed by atoms with E-state index in [-0.39, 0.29) is 12.1 Å². The zero-order valence-corrected chi connectivity index (χ0v) is 13.4. The molecule has 2 atom stereocenters. The lowest BCUT2D eigenvalue weighted by molar-refractivity contribution is -0.0560. The topological polar surface area (TPSA) is 63.4 Å². The molecule has 0 bridgehead atoms. The molecule has 1 aliphatic rings. The predicted molar refractivity (Wildman–Crippen MR) is 86.1 cm³/mol. The molecule has 1 aromatic heterocycles. The highest BCUT2D eigenvalue weighted by molar-refractivity contribution is 5.46. The number of hydrogen-bond donors (Lipinski definition) is 2. The van der Waals surface area contributed by atoms with Crippen LogP contribution in [0.3, 0.4) is 0 Å². The van der Waals surface area contributed by atoms with Crippen LogP contribution in [0.15, 0.2) is 18.5 Å². The minimum Gasteiger partial charge on any atom is -0.398 e. The van der Waals surface area contributed by atoms with Gasteiger partial charge in [0.2, 0.25) is 0 Å². The number of anilines is 1. The molecule has 0 saturated carbocycles. The van der Waals surface area contributed by atoms with E-state index in [4.69, 9.17) is 10.5 Å². The van der Waals surface area contributed by atoms with Crippen molar-refractivity contribution in [3.8, 4) is 0 Å². The van der Waals surface area contributed by atoms with Crippen LogP contribution in [0.5, 0.6) is 0 Å². The Hall–Kier alpha value is -1.17. The molecule has 1 aromatic rings. The van der Waals surface area contributed by atoms with Crippen LogP contribution in [0, 0.1) is 0 Å². The van der Waals surface area contributed by atoms with Gasteiger partial charge in [-0.25, -0.2) is 0 Å². The van der Waals surface area contributed by atoms with E-state index >= 15 is 0 Å². The summed E-state index contributed by atoms with van der Waals surface area (Å²) in [6.07, 6.45) is 4.79. The summed E-state index contributed by atoms with van der Waals surface area (Å²) in [5.41, 5.74) is 7.97. The number of ether oxygens (including phenoxy) is 1. The summed E-state index contributed by atoms with van der Waals surface area (Å²) in [7, 11) is 0. The number of hydrogen-bond acceptors (Lipinski definition) is 5. The lowest BCUT2D eigenvalue weighted by Crippen LogP contribution is -2.50. The molecule has 21 heavy (non-hydrogen) atoms. The maximum absolute atomic E-state index is 6.15. The van der Waals surface area contributed by atoms with Crippen LogP contribution in [-0.4, -0.2) is 48.3 Å². The van der Waals surface area contributed by atoms with Gasteiger partial charge in [-0.05, 0) is 32.9 Å². The van der Waals surface area contributed by atoms with E-state index in [1.807, 2.05) is 12.3 Å². The Kier molecular flexibility index (Phi) is 5.96. The van der Waals surface area contributed by atoms with Crippen molar-refractivity contribution in [3.05, 3.63) is 24.0 Å². The number of aromatic nitrogens is 1. The number of nitrogens with one attached hydrogen (secondary N) is 1. The number of morpholine rings is 1. The molecular formula is C16H28N4O. The molecule has 2 unspecified atom stereocenters. The summed E-state index contributed by atoms with van der Waals surface area (Å²) in [5, 5.41) is 3.58. The van der Waals surface area contributed by atoms with Gasteiger partial charge in [-0.3, -0.25) is 9.88 Å². The van der Waals surface area contributed by atoms with Gasteiger partial charge in [0, 0.05) is 42.8 Å². The second-order valence-electron chi connectivity index (χ2n) is 5.93. The fraction of sp³-hybridized carbons (Fsp3) is 0.688. The Labute approximate surface area is 127 Å². The Morgan fingerprint density at radius 1 is 1.52 bits per heavy atom. The fourth-order valence-electron chi connectivity index (χ4n) is 2.79. The van der Waals surface area contributed by atoms with Crippen LogP contribution in [0.25, 0.3) is 0 Å². The maximum atomic E-state index is 6.15. The van der Waals surface area contributed by atoms with Crippen molar-refractivity contribution in [2.75, 3.05) is 32.0 Å². The Morgan fingerprint density at radius 2 is 2.33 bits per heavy atom. The molecule has 0 aromatic carbocycles. The minimum absolute atomic E-state index is 0.0974. The summed E-state index contributed by atoms with van der Waals surface area (Å²) in [4.78, 5) is 6.69. The smallest absolute Gasteiger partial charge is 0.0898 e. The van der Waals surface area contributed by atoms with Gasteiger partial charge in [0.25, 0.3) is 0 Å². The van der Waals surface area contributed by atoms with Crippen molar-refractivity contribution in [1.82, 2.24) is 15.2 Å². The van der Waals surface area contributed by atoms with E-state index in [9.17, 15) is 0 Å². The molecule has 0 spiro atoms. The highest BCUT2D eigenvalue weighted by atomic mass is 16.5. The van der Waals surface area contributed by atoms with Crippen molar-refractivity contribution in [2.45, 2.75) is 45.4 Å². The molecule has 1 saturated heterocycles. The van der Waals surface area contributed by atoms with E-state index in [1.165, 1.54) is 0 Å². The zero-order valence-electron chi connectivity index (χ0n) is 13.4. The first-order chi connectivity index (χ1) is 10.1. The monoisotopic (exact) mass is 292 g/mol. The average Bonchev–Trinajstić information content (AvgIpc) is 2.49. The Balaban J connectivity index is 2.17. The van der Waals surface area contributed by atoms with E-state index in [0.29, 0.717) is 6.04 Å². The van der Waals surface area contributed by atoms with Gasteiger partial charge in [-0.1, -0.05) is 6.92 Å². The highest BCUT2D eigenvalue weighted by Gasteiger charge is 2.31. The van der Waals surface area contributed by atoms with Crippen molar-refractivity contribution in [1.29, 1.82) is 0 Å². The Morgan fingerprint density at radius 3 is 3.00 bits per heavy atom. The first-order valence-electron chi connectivity index (χ1n) is 7.92. The van der Waals surface area contributed by atoms with Crippen LogP contribution in [0.4, 0.5) is 5.69 Å². The standard InChI is InChI=1S/C16H28N4O/c1-4-6-19-16(13-10-18-7-5-14(13)17)15-11-20(12(2)3)8-9-21-15/h5,7,10,12,15-16,19H,4,6,8-9,11H2,1-3H3,(H2,17,18). The fourth-order valence-corrected chi connectivity index (χ4v) is 2.79. The average molecular weight is 292 g/mol. The first-order valence-corrected chi connectivity index (χ1v) is 7.92. The van der Waals surface area contributed by atoms with Gasteiger partial charge in [0.15, 0.2) is 0 Å². The third-order valence-electron chi connectivity index (χ3n) is 4.06. The number of rotatable bonds is 6. The summed E-state index contributed by atoms with van der Waals surface area (Å²) in [6, 6.07) is 2.49. The molecule has 0 radical (unpaired) electrons. The molecule has 5 nitrogen and oxygen atoms in total. The van der Waals surface area contributed by atoms with E-state index in [2.05, 4.69) is 36.0 Å². The van der Waals surface area contributed by atoms with E-state index in [0.717, 1.165) is 43.9 Å². The lowest BCUT2D eigenvalue weighted by Gasteiger charge is -2.39. The molecule has 0 amide bonds. The molecule has 0 aliphatic carbocycles. The number of pyridine rings is 1. The molecular weight excluding hydrogens is 264 g/mol. The molecule has 1 fully saturated rings. The van der Waals surface area contributed by atoms with Crippen LogP contribution in [0.2, 0.25) is 0 Å². The van der Waals surface area contributed by atoms with Gasteiger partial charge in [-0.2, -0.15) is 0 Å². The van der Waals surface area contributed by atoms with Gasteiger partial charge in [0.1, 0.15) is 0 Å². The quantitative estimate of drug-likeness (QED) is 0.837. The maximum Gasteiger partial charge on any atom is 0.0898 e. The van der Waals surface area contributed by atoms with Crippen LogP contribution >= 0.6 is 0 Å². The van der Waals surface area contributed by atoms with Crippen LogP contribution in [-0.2, 0) is 4.74 Å². The Bertz CT molecular complexity index is 438. The van der Waals surface area contributed by atoms with Gasteiger partial charge >= 0.3 is 0 Å². The zero-order chi connectivity index (χ0) is 15.2. The molecule has 2 heterocycles. The summed E-state index contributed by atoms with van der Waals surface area (Å²) in [6.45, 7) is 10.3. The lowest BCUT2D eigenvalue weighted by atomic mass is 9.99. The predicted octanol–water partition coefficient (Wildman–Crippen LogP) is 1.81. The number of nitrogen functional groups attached to an aromatic ring is 1. The summed E-state index contributed by atoms with van der Waals surface area (Å²) in [5.74, 6) is 0.